The fourth-order valence-corrected chi connectivity index (χ4v) is 0.838. The fraction of sp³-hybridized carbons (Fsp3) is 0.375. The van der Waals surface area contributed by atoms with E-state index in [4.69, 9.17) is 5.11 Å². The first-order valence-electron chi connectivity index (χ1n) is 3.54. The smallest absolute Gasteiger partial charge is 0.212 e. The predicted octanol–water partition coefficient (Wildman–Crippen LogP) is 1.15. The van der Waals surface area contributed by atoms with Gasteiger partial charge in [-0.25, -0.2) is 4.98 Å². The lowest BCUT2D eigenvalue weighted by Gasteiger charge is -1.96. The molecule has 0 saturated carbocycles. The van der Waals surface area contributed by atoms with Crippen LogP contribution in [0.3, 0.4) is 0 Å². The monoisotopic (exact) mass is 155 g/mol. The minimum atomic E-state index is -0.460. The third kappa shape index (κ3) is 2.63. The zero-order valence-corrected chi connectivity index (χ0v) is 6.13. The topological polar surface area (TPSA) is 33.1 Å². The van der Waals surface area contributed by atoms with E-state index in [1.807, 2.05) is 0 Å². The van der Waals surface area contributed by atoms with Gasteiger partial charge < -0.3 is 5.11 Å². The van der Waals surface area contributed by atoms with Crippen LogP contribution in [-0.2, 0) is 6.42 Å². The number of aromatic nitrogens is 1. The Morgan fingerprint density at radius 2 is 2.27 bits per heavy atom. The minimum Gasteiger partial charge on any atom is -0.396 e. The second kappa shape index (κ2) is 4.03. The zero-order valence-electron chi connectivity index (χ0n) is 6.13. The second-order valence-electron chi connectivity index (χ2n) is 2.32. The summed E-state index contributed by atoms with van der Waals surface area (Å²) in [6.07, 6.45) is 2.95. The van der Waals surface area contributed by atoms with E-state index in [9.17, 15) is 4.39 Å². The molecule has 0 unspecified atom stereocenters. The van der Waals surface area contributed by atoms with Crippen molar-refractivity contribution >= 4 is 0 Å². The van der Waals surface area contributed by atoms with Crippen LogP contribution in [0.25, 0.3) is 0 Å². The summed E-state index contributed by atoms with van der Waals surface area (Å²) >= 11 is 0. The molecule has 0 aliphatic heterocycles. The SMILES string of the molecule is OCCCc1ccc(F)nc1. The van der Waals surface area contributed by atoms with Gasteiger partial charge in [0.05, 0.1) is 0 Å². The summed E-state index contributed by atoms with van der Waals surface area (Å²) < 4.78 is 12.2. The van der Waals surface area contributed by atoms with E-state index < -0.39 is 5.95 Å². The Labute approximate surface area is 64.7 Å². The highest BCUT2D eigenvalue weighted by molar-refractivity contribution is 5.09. The summed E-state index contributed by atoms with van der Waals surface area (Å²) in [5.74, 6) is -0.460. The molecule has 1 aromatic rings. The van der Waals surface area contributed by atoms with Crippen LogP contribution in [-0.4, -0.2) is 16.7 Å². The molecule has 0 bridgehead atoms. The molecule has 0 atom stereocenters. The Kier molecular flexibility index (Phi) is 2.98. The van der Waals surface area contributed by atoms with Crippen LogP contribution in [0, 0.1) is 5.95 Å². The molecule has 1 N–H and O–H groups in total. The number of rotatable bonds is 3. The van der Waals surface area contributed by atoms with Gasteiger partial charge in [0.15, 0.2) is 0 Å². The highest BCUT2D eigenvalue weighted by Crippen LogP contribution is 2.01. The Morgan fingerprint density at radius 1 is 1.45 bits per heavy atom. The number of pyridine rings is 1. The van der Waals surface area contributed by atoms with Crippen molar-refractivity contribution in [3.63, 3.8) is 0 Å². The highest BCUT2D eigenvalue weighted by Gasteiger charge is 1.93. The van der Waals surface area contributed by atoms with E-state index in [0.717, 1.165) is 12.0 Å². The molecule has 0 aliphatic rings. The van der Waals surface area contributed by atoms with Gasteiger partial charge in [-0.2, -0.15) is 4.39 Å². The first kappa shape index (κ1) is 8.14. The molecule has 0 saturated heterocycles. The van der Waals surface area contributed by atoms with Crippen molar-refractivity contribution in [2.45, 2.75) is 12.8 Å². The van der Waals surface area contributed by atoms with Crippen LogP contribution < -0.4 is 0 Å². The molecule has 2 nitrogen and oxygen atoms in total. The van der Waals surface area contributed by atoms with Gasteiger partial charge in [-0.05, 0) is 24.5 Å². The molecule has 0 aliphatic carbocycles. The number of hydrogen-bond acceptors (Lipinski definition) is 2. The van der Waals surface area contributed by atoms with Crippen molar-refractivity contribution in [1.82, 2.24) is 4.98 Å². The van der Waals surface area contributed by atoms with Crippen LogP contribution in [0.5, 0.6) is 0 Å². The molecule has 60 valence electrons. The third-order valence-corrected chi connectivity index (χ3v) is 1.41. The van der Waals surface area contributed by atoms with Crippen molar-refractivity contribution < 1.29 is 9.50 Å². The van der Waals surface area contributed by atoms with Crippen molar-refractivity contribution in [3.05, 3.63) is 29.8 Å². The van der Waals surface area contributed by atoms with Gasteiger partial charge in [0.2, 0.25) is 5.95 Å². The third-order valence-electron chi connectivity index (χ3n) is 1.41. The summed E-state index contributed by atoms with van der Waals surface area (Å²) in [4.78, 5) is 3.48. The predicted molar refractivity (Wildman–Crippen MR) is 39.6 cm³/mol. The Hall–Kier alpha value is -0.960. The van der Waals surface area contributed by atoms with Crippen LogP contribution in [0.15, 0.2) is 18.3 Å². The lowest BCUT2D eigenvalue weighted by molar-refractivity contribution is 0.288. The fourth-order valence-electron chi connectivity index (χ4n) is 0.838. The maximum atomic E-state index is 12.2. The molecule has 0 fully saturated rings. The molecule has 1 rings (SSSR count). The van der Waals surface area contributed by atoms with Gasteiger partial charge in [-0.1, -0.05) is 6.07 Å². The van der Waals surface area contributed by atoms with Crippen molar-refractivity contribution in [3.8, 4) is 0 Å². The molecule has 0 spiro atoms. The quantitative estimate of drug-likeness (QED) is 0.664. The number of aliphatic hydroxyl groups excluding tert-OH is 1. The van der Waals surface area contributed by atoms with Gasteiger partial charge in [0, 0.05) is 12.8 Å². The number of aliphatic hydroxyl groups is 1. The molecule has 3 heteroatoms. The normalized spacial score (nSPS) is 10.0. The standard InChI is InChI=1S/C8H10FNO/c9-8-4-3-7(6-10-8)2-1-5-11/h3-4,6,11H,1-2,5H2. The number of aryl methyl sites for hydroxylation is 1. The number of hydrogen-bond donors (Lipinski definition) is 1. The maximum Gasteiger partial charge on any atom is 0.212 e. The molecule has 0 aromatic carbocycles. The van der Waals surface area contributed by atoms with Crippen LogP contribution >= 0.6 is 0 Å². The first-order valence-corrected chi connectivity index (χ1v) is 3.54. The van der Waals surface area contributed by atoms with Gasteiger partial charge in [-0.15, -0.1) is 0 Å². The average molecular weight is 155 g/mol. The first-order chi connectivity index (χ1) is 5.33. The molecular weight excluding hydrogens is 145 g/mol. The largest absolute Gasteiger partial charge is 0.396 e. The molecule has 11 heavy (non-hydrogen) atoms. The Morgan fingerprint density at radius 3 is 2.82 bits per heavy atom. The zero-order chi connectivity index (χ0) is 8.10. The summed E-state index contributed by atoms with van der Waals surface area (Å²) in [6, 6.07) is 3.00. The van der Waals surface area contributed by atoms with E-state index in [2.05, 4.69) is 4.98 Å². The van der Waals surface area contributed by atoms with E-state index in [1.54, 1.807) is 6.07 Å². The van der Waals surface area contributed by atoms with Crippen molar-refractivity contribution in [2.24, 2.45) is 0 Å². The van der Waals surface area contributed by atoms with Gasteiger partial charge >= 0.3 is 0 Å². The summed E-state index contributed by atoms with van der Waals surface area (Å²) in [5.41, 5.74) is 0.959. The lowest BCUT2D eigenvalue weighted by atomic mass is 10.2. The van der Waals surface area contributed by atoms with Gasteiger partial charge in [-0.3, -0.25) is 0 Å². The molecular formula is C8H10FNO. The second-order valence-corrected chi connectivity index (χ2v) is 2.32. The molecule has 1 heterocycles. The van der Waals surface area contributed by atoms with E-state index in [1.165, 1.54) is 12.3 Å². The molecule has 0 amide bonds. The van der Waals surface area contributed by atoms with E-state index >= 15 is 0 Å². The van der Waals surface area contributed by atoms with Crippen LogP contribution in [0.2, 0.25) is 0 Å². The van der Waals surface area contributed by atoms with Gasteiger partial charge in [0.25, 0.3) is 0 Å². The van der Waals surface area contributed by atoms with Crippen LogP contribution in [0.1, 0.15) is 12.0 Å². The Bertz CT molecular complexity index is 210. The van der Waals surface area contributed by atoms with Crippen molar-refractivity contribution in [2.75, 3.05) is 6.61 Å². The summed E-state index contributed by atoms with van der Waals surface area (Å²) in [5, 5.41) is 8.49. The van der Waals surface area contributed by atoms with E-state index in [-0.39, 0.29) is 6.61 Å². The van der Waals surface area contributed by atoms with Crippen molar-refractivity contribution in [1.29, 1.82) is 0 Å². The minimum absolute atomic E-state index is 0.164. The molecule has 0 radical (unpaired) electrons. The summed E-state index contributed by atoms with van der Waals surface area (Å²) in [6.45, 7) is 0.164. The average Bonchev–Trinajstić information content (AvgIpc) is 2.04. The lowest BCUT2D eigenvalue weighted by Crippen LogP contribution is -1.91. The van der Waals surface area contributed by atoms with Gasteiger partial charge in [0.1, 0.15) is 0 Å². The van der Waals surface area contributed by atoms with Crippen LogP contribution in [0.4, 0.5) is 4.39 Å². The number of halogens is 1. The van der Waals surface area contributed by atoms with E-state index in [0.29, 0.717) is 6.42 Å². The summed E-state index contributed by atoms with van der Waals surface area (Å²) in [7, 11) is 0. The highest BCUT2D eigenvalue weighted by atomic mass is 19.1. The molecule has 1 aromatic heterocycles. The maximum absolute atomic E-state index is 12.2. The Balaban J connectivity index is 2.52. The number of nitrogens with zero attached hydrogens (tertiary/aromatic N) is 1.